The number of ether oxygens (including phenoxy) is 2. The molecular formula is C22H26N2O7S. The summed E-state index contributed by atoms with van der Waals surface area (Å²) < 4.78 is 37.7. The van der Waals surface area contributed by atoms with Gasteiger partial charge in [0, 0.05) is 11.3 Å². The highest BCUT2D eigenvalue weighted by atomic mass is 32.2. The van der Waals surface area contributed by atoms with Gasteiger partial charge in [0.05, 0.1) is 12.0 Å². The number of hydrogen-bond acceptors (Lipinski definition) is 7. The quantitative estimate of drug-likeness (QED) is 0.410. The van der Waals surface area contributed by atoms with Crippen LogP contribution in [0.4, 0.5) is 5.69 Å². The highest BCUT2D eigenvalue weighted by Gasteiger charge is 2.30. The van der Waals surface area contributed by atoms with Gasteiger partial charge in [0.1, 0.15) is 11.8 Å². The van der Waals surface area contributed by atoms with Crippen molar-refractivity contribution in [3.63, 3.8) is 0 Å². The number of amides is 1. The Morgan fingerprint density at radius 1 is 1.03 bits per heavy atom. The van der Waals surface area contributed by atoms with E-state index >= 15 is 0 Å². The lowest BCUT2D eigenvalue weighted by molar-refractivity contribution is -0.150. The molecule has 2 aromatic carbocycles. The highest BCUT2D eigenvalue weighted by molar-refractivity contribution is 7.89. The SMILES string of the molecule is COc1ccc(S(=O)(=O)N[C@H](C(=O)OCC(=O)Nc2cccc(C(C)=O)c2)C(C)C)cc1. The Bertz CT molecular complexity index is 1080. The van der Waals surface area contributed by atoms with Gasteiger partial charge in [-0.1, -0.05) is 26.0 Å². The molecule has 32 heavy (non-hydrogen) atoms. The minimum atomic E-state index is -4.01. The van der Waals surface area contributed by atoms with Crippen LogP contribution in [0.3, 0.4) is 0 Å². The summed E-state index contributed by atoms with van der Waals surface area (Å²) in [6.07, 6.45) is 0. The fourth-order valence-corrected chi connectivity index (χ4v) is 4.02. The maximum atomic E-state index is 12.7. The third-order valence-electron chi connectivity index (χ3n) is 4.47. The van der Waals surface area contributed by atoms with Crippen molar-refractivity contribution in [1.82, 2.24) is 4.72 Å². The topological polar surface area (TPSA) is 128 Å². The maximum Gasteiger partial charge on any atom is 0.324 e. The van der Waals surface area contributed by atoms with Crippen LogP contribution in [-0.4, -0.2) is 45.8 Å². The molecule has 0 radical (unpaired) electrons. The normalized spacial score (nSPS) is 12.2. The molecule has 0 saturated carbocycles. The molecule has 2 N–H and O–H groups in total. The summed E-state index contributed by atoms with van der Waals surface area (Å²) in [5.41, 5.74) is 0.798. The smallest absolute Gasteiger partial charge is 0.324 e. The average Bonchev–Trinajstić information content (AvgIpc) is 2.76. The van der Waals surface area contributed by atoms with Gasteiger partial charge < -0.3 is 14.8 Å². The molecule has 0 bridgehead atoms. The number of Topliss-reactive ketones (excluding diaryl/α,β-unsaturated/α-hetero) is 1. The fourth-order valence-electron chi connectivity index (χ4n) is 2.69. The summed E-state index contributed by atoms with van der Waals surface area (Å²) in [5, 5.41) is 2.53. The third kappa shape index (κ3) is 6.89. The lowest BCUT2D eigenvalue weighted by Crippen LogP contribution is -2.45. The molecule has 0 aliphatic rings. The molecule has 0 saturated heterocycles. The summed E-state index contributed by atoms with van der Waals surface area (Å²) in [4.78, 5) is 36.0. The van der Waals surface area contributed by atoms with Crippen LogP contribution in [0.25, 0.3) is 0 Å². The van der Waals surface area contributed by atoms with Crippen LogP contribution in [0.15, 0.2) is 53.4 Å². The second kappa shape index (κ2) is 10.9. The standard InChI is InChI=1S/C22H26N2O7S/c1-14(2)21(24-32(28,29)19-10-8-18(30-4)9-11-19)22(27)31-13-20(26)23-17-7-5-6-16(12-17)15(3)25/h5-12,14,21,24H,13H2,1-4H3,(H,23,26)/t21-/m0/s1. The molecule has 2 aromatic rings. The zero-order valence-electron chi connectivity index (χ0n) is 18.2. The molecule has 0 aliphatic carbocycles. The Morgan fingerprint density at radius 2 is 1.69 bits per heavy atom. The molecule has 0 heterocycles. The van der Waals surface area contributed by atoms with Crippen molar-refractivity contribution < 1.29 is 32.3 Å². The number of carbonyl (C=O) groups is 3. The average molecular weight is 463 g/mol. The van der Waals surface area contributed by atoms with Gasteiger partial charge in [-0.05, 0) is 49.2 Å². The van der Waals surface area contributed by atoms with Gasteiger partial charge in [-0.3, -0.25) is 14.4 Å². The number of esters is 1. The molecule has 2 rings (SSSR count). The molecule has 0 fully saturated rings. The molecular weight excluding hydrogens is 436 g/mol. The molecule has 172 valence electrons. The second-order valence-electron chi connectivity index (χ2n) is 7.31. The first kappa shape index (κ1) is 25.0. The summed E-state index contributed by atoms with van der Waals surface area (Å²) in [7, 11) is -2.55. The van der Waals surface area contributed by atoms with Crippen LogP contribution in [0, 0.1) is 5.92 Å². The molecule has 0 aromatic heterocycles. The number of nitrogens with one attached hydrogen (secondary N) is 2. The monoisotopic (exact) mass is 462 g/mol. The van der Waals surface area contributed by atoms with Crippen molar-refractivity contribution in [3.05, 3.63) is 54.1 Å². The lowest BCUT2D eigenvalue weighted by atomic mass is 10.1. The first-order valence-corrected chi connectivity index (χ1v) is 11.3. The van der Waals surface area contributed by atoms with Crippen molar-refractivity contribution in [1.29, 1.82) is 0 Å². The summed E-state index contributed by atoms with van der Waals surface area (Å²) in [5.74, 6) is -1.62. The fraction of sp³-hybridized carbons (Fsp3) is 0.318. The van der Waals surface area contributed by atoms with Crippen molar-refractivity contribution >= 4 is 33.4 Å². The molecule has 1 amide bonds. The van der Waals surface area contributed by atoms with E-state index in [4.69, 9.17) is 9.47 Å². The Hall–Kier alpha value is -3.24. The predicted octanol–water partition coefficient (Wildman–Crippen LogP) is 2.38. The molecule has 0 aliphatic heterocycles. The van der Waals surface area contributed by atoms with Gasteiger partial charge in [-0.15, -0.1) is 0 Å². The van der Waals surface area contributed by atoms with E-state index < -0.39 is 40.5 Å². The van der Waals surface area contributed by atoms with Crippen LogP contribution >= 0.6 is 0 Å². The van der Waals surface area contributed by atoms with E-state index in [0.29, 0.717) is 17.0 Å². The van der Waals surface area contributed by atoms with Crippen LogP contribution in [0.1, 0.15) is 31.1 Å². The molecule has 9 nitrogen and oxygen atoms in total. The second-order valence-corrected chi connectivity index (χ2v) is 9.03. The molecule has 1 atom stereocenters. The summed E-state index contributed by atoms with van der Waals surface area (Å²) in [6.45, 7) is 4.09. The van der Waals surface area contributed by atoms with Gasteiger partial charge in [-0.25, -0.2) is 8.42 Å². The Balaban J connectivity index is 2.01. The number of anilines is 1. The van der Waals surface area contributed by atoms with Gasteiger partial charge in [0.2, 0.25) is 10.0 Å². The Kier molecular flexibility index (Phi) is 8.50. The first-order chi connectivity index (χ1) is 15.0. The molecule has 0 unspecified atom stereocenters. The van der Waals surface area contributed by atoms with E-state index in [1.807, 2.05) is 0 Å². The molecule has 10 heteroatoms. The van der Waals surface area contributed by atoms with E-state index in [1.165, 1.54) is 44.4 Å². The van der Waals surface area contributed by atoms with Crippen LogP contribution in [0.5, 0.6) is 5.75 Å². The highest BCUT2D eigenvalue weighted by Crippen LogP contribution is 2.17. The zero-order chi connectivity index (χ0) is 23.9. The number of benzene rings is 2. The van der Waals surface area contributed by atoms with Crippen LogP contribution in [0.2, 0.25) is 0 Å². The van der Waals surface area contributed by atoms with Crippen LogP contribution in [-0.2, 0) is 24.3 Å². The van der Waals surface area contributed by atoms with E-state index in [2.05, 4.69) is 10.0 Å². The van der Waals surface area contributed by atoms with Gasteiger partial charge in [-0.2, -0.15) is 4.72 Å². The summed E-state index contributed by atoms with van der Waals surface area (Å²) >= 11 is 0. The zero-order valence-corrected chi connectivity index (χ0v) is 19.1. The number of carbonyl (C=O) groups excluding carboxylic acids is 3. The maximum absolute atomic E-state index is 12.7. The van der Waals surface area contributed by atoms with Crippen molar-refractivity contribution in [2.24, 2.45) is 5.92 Å². The van der Waals surface area contributed by atoms with Crippen molar-refractivity contribution in [2.45, 2.75) is 31.7 Å². The van der Waals surface area contributed by atoms with Gasteiger partial charge in [0.25, 0.3) is 5.91 Å². The van der Waals surface area contributed by atoms with E-state index in [9.17, 15) is 22.8 Å². The Morgan fingerprint density at radius 3 is 2.25 bits per heavy atom. The predicted molar refractivity (Wildman–Crippen MR) is 118 cm³/mol. The largest absolute Gasteiger partial charge is 0.497 e. The van der Waals surface area contributed by atoms with E-state index in [0.717, 1.165) is 0 Å². The minimum Gasteiger partial charge on any atom is -0.497 e. The van der Waals surface area contributed by atoms with E-state index in [-0.39, 0.29) is 10.7 Å². The van der Waals surface area contributed by atoms with Crippen molar-refractivity contribution in [3.8, 4) is 5.75 Å². The number of sulfonamides is 1. The van der Waals surface area contributed by atoms with Gasteiger partial charge >= 0.3 is 5.97 Å². The number of ketones is 1. The minimum absolute atomic E-state index is 0.0418. The van der Waals surface area contributed by atoms with Crippen molar-refractivity contribution in [2.75, 3.05) is 19.0 Å². The van der Waals surface area contributed by atoms with E-state index in [1.54, 1.807) is 32.0 Å². The lowest BCUT2D eigenvalue weighted by Gasteiger charge is -2.20. The molecule has 0 spiro atoms. The number of hydrogen-bond donors (Lipinski definition) is 2. The van der Waals surface area contributed by atoms with Crippen LogP contribution < -0.4 is 14.8 Å². The number of rotatable bonds is 10. The summed E-state index contributed by atoms with van der Waals surface area (Å²) in [6, 6.07) is 10.8. The third-order valence-corrected chi connectivity index (χ3v) is 5.93. The number of methoxy groups -OCH3 is 1. The first-order valence-electron chi connectivity index (χ1n) is 9.77. The Labute approximate surface area is 187 Å². The van der Waals surface area contributed by atoms with Gasteiger partial charge in [0.15, 0.2) is 12.4 Å².